The average molecular weight is 392 g/mol. The highest BCUT2D eigenvalue weighted by Gasteiger charge is 2.43. The van der Waals surface area contributed by atoms with Gasteiger partial charge >= 0.3 is 0 Å². The Hall–Kier alpha value is -2.55. The van der Waals surface area contributed by atoms with Gasteiger partial charge in [0.15, 0.2) is 5.82 Å². The minimum absolute atomic E-state index is 0.0253. The molecule has 1 aromatic carbocycles. The van der Waals surface area contributed by atoms with Crippen LogP contribution in [0.2, 0.25) is 0 Å². The molecule has 0 bridgehead atoms. The van der Waals surface area contributed by atoms with Gasteiger partial charge in [-0.1, -0.05) is 0 Å². The Bertz CT molecular complexity index is 865. The zero-order valence-electron chi connectivity index (χ0n) is 15.7. The first-order chi connectivity index (χ1) is 13.3. The van der Waals surface area contributed by atoms with Crippen molar-refractivity contribution in [3.8, 4) is 0 Å². The van der Waals surface area contributed by atoms with Gasteiger partial charge in [0.25, 0.3) is 5.91 Å². The van der Waals surface area contributed by atoms with Gasteiger partial charge in [0.1, 0.15) is 11.9 Å². The van der Waals surface area contributed by atoms with Gasteiger partial charge in [-0.05, 0) is 20.3 Å². The summed E-state index contributed by atoms with van der Waals surface area (Å²) in [5.41, 5.74) is -0.209. The van der Waals surface area contributed by atoms with Crippen molar-refractivity contribution < 1.29 is 23.2 Å². The Kier molecular flexibility index (Phi) is 4.57. The molecule has 2 fully saturated rings. The second-order valence-electron chi connectivity index (χ2n) is 7.71. The van der Waals surface area contributed by atoms with Crippen LogP contribution < -0.4 is 15.5 Å². The van der Waals surface area contributed by atoms with Gasteiger partial charge < -0.3 is 15.1 Å². The molecule has 0 saturated carbocycles. The molecule has 150 valence electrons. The normalized spacial score (nSPS) is 27.9. The van der Waals surface area contributed by atoms with Crippen LogP contribution >= 0.6 is 0 Å². The summed E-state index contributed by atoms with van der Waals surface area (Å²) in [5, 5.41) is 5.43. The fourth-order valence-corrected chi connectivity index (χ4v) is 4.46. The highest BCUT2D eigenvalue weighted by Crippen LogP contribution is 2.37. The van der Waals surface area contributed by atoms with E-state index in [2.05, 4.69) is 10.6 Å². The molecule has 9 heteroatoms. The number of carbonyl (C=O) groups excluding carboxylic acids is 3. The topological polar surface area (TPSA) is 81.8 Å². The first kappa shape index (κ1) is 18.8. The van der Waals surface area contributed by atoms with E-state index in [0.29, 0.717) is 13.1 Å². The number of rotatable bonds is 2. The number of piperazine rings is 1. The van der Waals surface area contributed by atoms with Gasteiger partial charge in [0, 0.05) is 43.2 Å². The van der Waals surface area contributed by atoms with Crippen molar-refractivity contribution in [1.29, 1.82) is 0 Å². The smallest absolute Gasteiger partial charge is 0.258 e. The van der Waals surface area contributed by atoms with Gasteiger partial charge in [-0.2, -0.15) is 0 Å². The zero-order chi connectivity index (χ0) is 20.2. The molecule has 2 saturated heterocycles. The summed E-state index contributed by atoms with van der Waals surface area (Å²) in [6.07, 6.45) is 0.231. The van der Waals surface area contributed by atoms with E-state index in [-0.39, 0.29) is 48.3 Å². The van der Waals surface area contributed by atoms with E-state index >= 15 is 4.39 Å². The van der Waals surface area contributed by atoms with E-state index in [1.54, 1.807) is 0 Å². The van der Waals surface area contributed by atoms with E-state index in [9.17, 15) is 18.8 Å². The maximum atomic E-state index is 15.4. The Morgan fingerprint density at radius 2 is 1.79 bits per heavy atom. The van der Waals surface area contributed by atoms with Gasteiger partial charge in [0.2, 0.25) is 11.8 Å². The number of imide groups is 1. The summed E-state index contributed by atoms with van der Waals surface area (Å²) in [5.74, 6) is -3.15. The van der Waals surface area contributed by atoms with Crippen LogP contribution in [-0.4, -0.2) is 53.8 Å². The van der Waals surface area contributed by atoms with E-state index in [1.165, 1.54) is 0 Å². The third-order valence-electron chi connectivity index (χ3n) is 5.79. The summed E-state index contributed by atoms with van der Waals surface area (Å²) in [6, 6.07) is 0.0909. The van der Waals surface area contributed by atoms with Gasteiger partial charge in [0.05, 0.1) is 17.8 Å². The lowest BCUT2D eigenvalue weighted by molar-refractivity contribution is -0.136. The van der Waals surface area contributed by atoms with Crippen LogP contribution in [0.1, 0.15) is 42.6 Å². The molecule has 3 amide bonds. The molecular formula is C19H22F2N4O3. The quantitative estimate of drug-likeness (QED) is 0.732. The molecular weight excluding hydrogens is 370 g/mol. The first-order valence-electron chi connectivity index (χ1n) is 9.44. The van der Waals surface area contributed by atoms with Crippen molar-refractivity contribution in [3.63, 3.8) is 0 Å². The van der Waals surface area contributed by atoms with Crippen molar-refractivity contribution in [2.75, 3.05) is 18.0 Å². The average Bonchev–Trinajstić information content (AvgIpc) is 2.97. The minimum atomic E-state index is -0.906. The van der Waals surface area contributed by atoms with Crippen LogP contribution in [0.25, 0.3) is 0 Å². The predicted octanol–water partition coefficient (Wildman–Crippen LogP) is 0.912. The van der Waals surface area contributed by atoms with Crippen LogP contribution in [0.4, 0.5) is 14.5 Å². The Labute approximate surface area is 161 Å². The third kappa shape index (κ3) is 2.85. The Morgan fingerprint density at radius 3 is 2.43 bits per heavy atom. The summed E-state index contributed by atoms with van der Waals surface area (Å²) < 4.78 is 30.3. The van der Waals surface area contributed by atoms with Crippen LogP contribution in [0.15, 0.2) is 6.07 Å². The van der Waals surface area contributed by atoms with E-state index in [1.807, 2.05) is 18.7 Å². The van der Waals surface area contributed by atoms with Crippen LogP contribution in [0, 0.1) is 11.6 Å². The number of hydrogen-bond acceptors (Lipinski definition) is 5. The SMILES string of the molecule is CC1CNCC(C)N1c1cc(F)c2c(c1F)CN(C1CCC(=O)NC1=O)C2=O. The molecule has 3 unspecified atom stereocenters. The van der Waals surface area contributed by atoms with Gasteiger partial charge in [-0.3, -0.25) is 19.7 Å². The van der Waals surface area contributed by atoms with Crippen LogP contribution in [-0.2, 0) is 16.1 Å². The standard InChI is InChI=1S/C19H22F2N4O3/c1-9-6-22-7-10(2)25(9)14-5-12(20)16-11(17(14)21)8-24(19(16)28)13-3-4-15(26)23-18(13)27/h5,9-10,13,22H,3-4,6-8H2,1-2H3,(H,23,26,27). The second kappa shape index (κ2) is 6.80. The zero-order valence-corrected chi connectivity index (χ0v) is 15.7. The fraction of sp³-hybridized carbons (Fsp3) is 0.526. The lowest BCUT2D eigenvalue weighted by Gasteiger charge is -2.41. The highest BCUT2D eigenvalue weighted by molar-refractivity contribution is 6.05. The molecule has 2 N–H and O–H groups in total. The molecule has 3 atom stereocenters. The third-order valence-corrected chi connectivity index (χ3v) is 5.79. The number of benzene rings is 1. The van der Waals surface area contributed by atoms with Crippen molar-refractivity contribution in [2.45, 2.75) is 51.4 Å². The summed E-state index contributed by atoms with van der Waals surface area (Å²) >= 11 is 0. The molecule has 7 nitrogen and oxygen atoms in total. The number of nitrogens with zero attached hydrogens (tertiary/aromatic N) is 2. The number of fused-ring (bicyclic) bond motifs is 1. The maximum absolute atomic E-state index is 15.4. The molecule has 0 spiro atoms. The summed E-state index contributed by atoms with van der Waals surface area (Å²) in [7, 11) is 0. The summed E-state index contributed by atoms with van der Waals surface area (Å²) in [4.78, 5) is 39.2. The fourth-order valence-electron chi connectivity index (χ4n) is 4.46. The number of anilines is 1. The van der Waals surface area contributed by atoms with Crippen LogP contribution in [0.3, 0.4) is 0 Å². The molecule has 0 aliphatic carbocycles. The van der Waals surface area contributed by atoms with Crippen molar-refractivity contribution in [3.05, 3.63) is 28.8 Å². The van der Waals surface area contributed by atoms with Crippen molar-refractivity contribution in [2.24, 2.45) is 0 Å². The molecule has 3 heterocycles. The molecule has 4 rings (SSSR count). The lowest BCUT2D eigenvalue weighted by Crippen LogP contribution is -2.55. The molecule has 1 aromatic rings. The number of carbonyl (C=O) groups is 3. The van der Waals surface area contributed by atoms with E-state index in [4.69, 9.17) is 0 Å². The maximum Gasteiger partial charge on any atom is 0.258 e. The van der Waals surface area contributed by atoms with Crippen molar-refractivity contribution >= 4 is 23.4 Å². The number of halogens is 2. The Balaban J connectivity index is 1.71. The second-order valence-corrected chi connectivity index (χ2v) is 7.71. The monoisotopic (exact) mass is 392 g/mol. The molecule has 3 aliphatic rings. The van der Waals surface area contributed by atoms with Crippen molar-refractivity contribution in [1.82, 2.24) is 15.5 Å². The number of piperidine rings is 1. The Morgan fingerprint density at radius 1 is 1.11 bits per heavy atom. The molecule has 0 aromatic heterocycles. The van der Waals surface area contributed by atoms with Gasteiger partial charge in [-0.15, -0.1) is 0 Å². The first-order valence-corrected chi connectivity index (χ1v) is 9.44. The minimum Gasteiger partial charge on any atom is -0.361 e. The largest absolute Gasteiger partial charge is 0.361 e. The number of hydrogen-bond donors (Lipinski definition) is 2. The molecule has 28 heavy (non-hydrogen) atoms. The molecule has 3 aliphatic heterocycles. The highest BCUT2D eigenvalue weighted by atomic mass is 19.1. The van der Waals surface area contributed by atoms with Gasteiger partial charge in [-0.25, -0.2) is 8.78 Å². The van der Waals surface area contributed by atoms with Crippen LogP contribution in [0.5, 0.6) is 0 Å². The number of amides is 3. The molecule has 0 radical (unpaired) electrons. The number of nitrogens with one attached hydrogen (secondary N) is 2. The van der Waals surface area contributed by atoms with E-state index < -0.39 is 35.4 Å². The lowest BCUT2D eigenvalue weighted by atomic mass is 10.0. The van der Waals surface area contributed by atoms with E-state index in [0.717, 1.165) is 11.0 Å². The predicted molar refractivity (Wildman–Crippen MR) is 96.7 cm³/mol. The summed E-state index contributed by atoms with van der Waals surface area (Å²) in [6.45, 7) is 4.95.